The molecule has 0 unspecified atom stereocenters. The average molecular weight is 298 g/mol. The summed E-state index contributed by atoms with van der Waals surface area (Å²) in [6, 6.07) is 7.91. The third kappa shape index (κ3) is 3.75. The number of hydrogen-bond acceptors (Lipinski definition) is 4. The number of thioether (sulfide) groups is 1. The van der Waals surface area contributed by atoms with E-state index in [0.29, 0.717) is 5.15 Å². The molecule has 1 aromatic carbocycles. The molecule has 0 aliphatic heterocycles. The van der Waals surface area contributed by atoms with Crippen LogP contribution in [0.4, 0.5) is 0 Å². The van der Waals surface area contributed by atoms with Crippen molar-refractivity contribution in [3.05, 3.63) is 35.0 Å². The Balaban J connectivity index is 2.19. The van der Waals surface area contributed by atoms with Crippen LogP contribution in [0.15, 0.2) is 24.3 Å². The molecule has 0 radical (unpaired) electrons. The van der Waals surface area contributed by atoms with Crippen molar-refractivity contribution in [2.75, 3.05) is 26.6 Å². The number of hydrogen-bond donors (Lipinski definition) is 0. The number of methoxy groups -OCH3 is 2. The molecular weight excluding hydrogens is 282 g/mol. The molecule has 0 N–H and O–H groups in total. The molecule has 102 valence electrons. The zero-order valence-electron chi connectivity index (χ0n) is 11.0. The van der Waals surface area contributed by atoms with E-state index in [9.17, 15) is 0 Å². The van der Waals surface area contributed by atoms with Crippen LogP contribution in [-0.4, -0.2) is 31.6 Å². The molecule has 1 aromatic heterocycles. The fourth-order valence-corrected chi connectivity index (χ4v) is 2.88. The first-order valence-corrected chi connectivity index (χ1v) is 7.47. The van der Waals surface area contributed by atoms with Gasteiger partial charge in [0.2, 0.25) is 0 Å². The number of pyridine rings is 1. The maximum Gasteiger partial charge on any atom is 0.133 e. The van der Waals surface area contributed by atoms with E-state index in [0.717, 1.165) is 40.3 Å². The van der Waals surface area contributed by atoms with Crippen LogP contribution in [0.2, 0.25) is 5.15 Å². The quantitative estimate of drug-likeness (QED) is 0.600. The molecule has 0 saturated carbocycles. The van der Waals surface area contributed by atoms with Crippen LogP contribution in [0.3, 0.4) is 0 Å². The van der Waals surface area contributed by atoms with E-state index in [4.69, 9.17) is 21.1 Å². The predicted octanol–water partition coefficient (Wildman–Crippen LogP) is 3.78. The summed E-state index contributed by atoms with van der Waals surface area (Å²) in [5, 5.41) is 1.64. The minimum atomic E-state index is 0.561. The normalized spacial score (nSPS) is 10.9. The number of ether oxygens (including phenoxy) is 2. The zero-order chi connectivity index (χ0) is 13.7. The molecule has 0 bridgehead atoms. The molecule has 2 aromatic rings. The van der Waals surface area contributed by atoms with Crippen molar-refractivity contribution in [2.24, 2.45) is 0 Å². The van der Waals surface area contributed by atoms with Gasteiger partial charge in [-0.25, -0.2) is 4.98 Å². The minimum absolute atomic E-state index is 0.561. The van der Waals surface area contributed by atoms with Crippen molar-refractivity contribution in [2.45, 2.75) is 5.75 Å². The van der Waals surface area contributed by atoms with Crippen molar-refractivity contribution in [3.63, 3.8) is 0 Å². The van der Waals surface area contributed by atoms with Crippen LogP contribution < -0.4 is 4.74 Å². The molecule has 0 atom stereocenters. The van der Waals surface area contributed by atoms with Crippen LogP contribution in [0.25, 0.3) is 10.9 Å². The van der Waals surface area contributed by atoms with E-state index < -0.39 is 0 Å². The Labute approximate surface area is 122 Å². The Morgan fingerprint density at radius 2 is 2.11 bits per heavy atom. The topological polar surface area (TPSA) is 31.4 Å². The lowest BCUT2D eigenvalue weighted by molar-refractivity contribution is 0.218. The number of nitrogens with zero attached hydrogens (tertiary/aromatic N) is 1. The monoisotopic (exact) mass is 297 g/mol. The van der Waals surface area contributed by atoms with Gasteiger partial charge in [-0.3, -0.25) is 0 Å². The van der Waals surface area contributed by atoms with Gasteiger partial charge in [0, 0.05) is 35.6 Å². The average Bonchev–Trinajstić information content (AvgIpc) is 2.43. The Hall–Kier alpha value is -0.970. The molecule has 0 fully saturated rings. The third-order valence-corrected chi connectivity index (χ3v) is 4.04. The lowest BCUT2D eigenvalue weighted by Crippen LogP contribution is -1.94. The summed E-state index contributed by atoms with van der Waals surface area (Å²) < 4.78 is 10.2. The second-order valence-corrected chi connectivity index (χ2v) is 5.51. The molecular formula is C14H16ClNO2S. The standard InChI is InChI=1S/C14H16ClNO2S/c1-17-5-6-19-9-11-7-10-3-4-12(18-2)8-13(10)16-14(11)15/h3-4,7-8H,5-6,9H2,1-2H3. The van der Waals surface area contributed by atoms with Crippen molar-refractivity contribution in [1.29, 1.82) is 0 Å². The highest BCUT2D eigenvalue weighted by Gasteiger charge is 2.06. The van der Waals surface area contributed by atoms with Crippen molar-refractivity contribution >= 4 is 34.3 Å². The van der Waals surface area contributed by atoms with Crippen molar-refractivity contribution < 1.29 is 9.47 Å². The lowest BCUT2D eigenvalue weighted by atomic mass is 10.1. The minimum Gasteiger partial charge on any atom is -0.497 e. The van der Waals surface area contributed by atoms with Gasteiger partial charge >= 0.3 is 0 Å². The molecule has 0 saturated heterocycles. The van der Waals surface area contributed by atoms with Gasteiger partial charge in [0.05, 0.1) is 19.2 Å². The molecule has 0 aliphatic rings. The molecule has 1 heterocycles. The maximum absolute atomic E-state index is 6.22. The van der Waals surface area contributed by atoms with Crippen molar-refractivity contribution in [3.8, 4) is 5.75 Å². The Bertz CT molecular complexity index is 562. The van der Waals surface area contributed by atoms with Gasteiger partial charge in [0.15, 0.2) is 0 Å². The molecule has 5 heteroatoms. The smallest absolute Gasteiger partial charge is 0.133 e. The number of aromatic nitrogens is 1. The highest BCUT2D eigenvalue weighted by molar-refractivity contribution is 7.98. The van der Waals surface area contributed by atoms with Gasteiger partial charge in [-0.2, -0.15) is 11.8 Å². The van der Waals surface area contributed by atoms with Gasteiger partial charge < -0.3 is 9.47 Å². The van der Waals surface area contributed by atoms with Gasteiger partial charge in [0.1, 0.15) is 10.9 Å². The fraction of sp³-hybridized carbons (Fsp3) is 0.357. The van der Waals surface area contributed by atoms with Crippen LogP contribution in [0, 0.1) is 0 Å². The van der Waals surface area contributed by atoms with Crippen LogP contribution in [-0.2, 0) is 10.5 Å². The summed E-state index contributed by atoms with van der Waals surface area (Å²) in [6.45, 7) is 0.750. The highest BCUT2D eigenvalue weighted by Crippen LogP contribution is 2.26. The van der Waals surface area contributed by atoms with E-state index in [1.165, 1.54) is 0 Å². The summed E-state index contributed by atoms with van der Waals surface area (Å²) in [5.74, 6) is 2.59. The highest BCUT2D eigenvalue weighted by atomic mass is 35.5. The molecule has 0 aliphatic carbocycles. The van der Waals surface area contributed by atoms with Gasteiger partial charge in [-0.05, 0) is 18.2 Å². The fourth-order valence-electron chi connectivity index (χ4n) is 1.72. The lowest BCUT2D eigenvalue weighted by Gasteiger charge is -2.07. The number of benzene rings is 1. The van der Waals surface area contributed by atoms with Gasteiger partial charge in [-0.15, -0.1) is 0 Å². The maximum atomic E-state index is 6.22. The first-order chi connectivity index (χ1) is 9.24. The van der Waals surface area contributed by atoms with E-state index in [2.05, 4.69) is 11.1 Å². The number of rotatable bonds is 6. The molecule has 0 spiro atoms. The molecule has 2 rings (SSSR count). The Kier molecular flexibility index (Phi) is 5.31. The molecule has 3 nitrogen and oxygen atoms in total. The van der Waals surface area contributed by atoms with Gasteiger partial charge in [0.25, 0.3) is 0 Å². The SMILES string of the molecule is COCCSCc1cc2ccc(OC)cc2nc1Cl. The van der Waals surface area contributed by atoms with E-state index in [-0.39, 0.29) is 0 Å². The first-order valence-electron chi connectivity index (χ1n) is 5.94. The summed E-state index contributed by atoms with van der Waals surface area (Å²) in [6.07, 6.45) is 0. The zero-order valence-corrected chi connectivity index (χ0v) is 12.6. The van der Waals surface area contributed by atoms with E-state index in [1.54, 1.807) is 26.0 Å². The van der Waals surface area contributed by atoms with E-state index >= 15 is 0 Å². The predicted molar refractivity (Wildman–Crippen MR) is 81.3 cm³/mol. The second kappa shape index (κ2) is 6.98. The molecule has 19 heavy (non-hydrogen) atoms. The molecule has 0 amide bonds. The summed E-state index contributed by atoms with van der Waals surface area (Å²) >= 11 is 8.00. The van der Waals surface area contributed by atoms with Crippen LogP contribution in [0.1, 0.15) is 5.56 Å². The Morgan fingerprint density at radius 3 is 2.84 bits per heavy atom. The largest absolute Gasteiger partial charge is 0.497 e. The van der Waals surface area contributed by atoms with Crippen molar-refractivity contribution in [1.82, 2.24) is 4.98 Å². The van der Waals surface area contributed by atoms with E-state index in [1.807, 2.05) is 18.2 Å². The van der Waals surface area contributed by atoms with Crippen LogP contribution >= 0.6 is 23.4 Å². The first kappa shape index (κ1) is 14.4. The number of halogens is 1. The third-order valence-electron chi connectivity index (χ3n) is 2.74. The van der Waals surface area contributed by atoms with Gasteiger partial charge in [-0.1, -0.05) is 11.6 Å². The summed E-state index contributed by atoms with van der Waals surface area (Å²) in [4.78, 5) is 4.42. The summed E-state index contributed by atoms with van der Waals surface area (Å²) in [5.41, 5.74) is 1.91. The number of fused-ring (bicyclic) bond motifs is 1. The van der Waals surface area contributed by atoms with Crippen LogP contribution in [0.5, 0.6) is 5.75 Å². The second-order valence-electron chi connectivity index (χ2n) is 4.04. The Morgan fingerprint density at radius 1 is 1.26 bits per heavy atom. The summed E-state index contributed by atoms with van der Waals surface area (Å²) in [7, 11) is 3.35.